The van der Waals surface area contributed by atoms with E-state index in [0.717, 1.165) is 49.8 Å². The number of likely N-dealkylation sites (N-methyl/N-ethyl adjacent to an activating group) is 1. The molecule has 2 saturated carbocycles. The number of anilines is 3. The van der Waals surface area contributed by atoms with Gasteiger partial charge in [0.1, 0.15) is 29.2 Å². The van der Waals surface area contributed by atoms with E-state index in [-0.39, 0.29) is 23.3 Å². The van der Waals surface area contributed by atoms with Crippen LogP contribution in [-0.2, 0) is 10.2 Å². The summed E-state index contributed by atoms with van der Waals surface area (Å²) in [6, 6.07) is 8.09. The van der Waals surface area contributed by atoms with Gasteiger partial charge in [-0.05, 0) is 50.2 Å². The summed E-state index contributed by atoms with van der Waals surface area (Å²) in [4.78, 5) is 33.6. The van der Waals surface area contributed by atoms with Gasteiger partial charge in [-0.3, -0.25) is 4.79 Å². The summed E-state index contributed by atoms with van der Waals surface area (Å²) in [5.41, 5.74) is 0.904. The Morgan fingerprint density at radius 3 is 2.50 bits per heavy atom. The number of fused-ring (bicyclic) bond motifs is 2. The Balaban J connectivity index is 1.32. The highest BCUT2D eigenvalue weighted by Gasteiger charge is 2.53. The molecule has 0 radical (unpaired) electrons. The molecule has 1 amide bonds. The standard InChI is InChI=1S/C27H30N8O/c1-18-13-34(14-20(18)33(2)25(36)26(15-29)6-3-7-26)23-22-24(32-17-31-23)35(16-27(22)8-4-9-27)21-11-19(12-28)5-10-30-21/h5,10-11,17-18,20H,3-4,6-9,13-14,16H2,1-2H3/t18?,20-/m1/s1. The van der Waals surface area contributed by atoms with E-state index in [2.05, 4.69) is 33.8 Å². The lowest BCUT2D eigenvalue weighted by atomic mass is 9.66. The summed E-state index contributed by atoms with van der Waals surface area (Å²) in [6.07, 6.45) is 8.88. The highest BCUT2D eigenvalue weighted by molar-refractivity contribution is 5.86. The van der Waals surface area contributed by atoms with E-state index in [0.29, 0.717) is 24.9 Å². The summed E-state index contributed by atoms with van der Waals surface area (Å²) < 4.78 is 0. The normalized spacial score (nSPS) is 24.9. The molecule has 2 aliphatic carbocycles. The minimum atomic E-state index is -0.834. The predicted octanol–water partition coefficient (Wildman–Crippen LogP) is 3.29. The van der Waals surface area contributed by atoms with Crippen LogP contribution >= 0.6 is 0 Å². The number of amides is 1. The fourth-order valence-electron chi connectivity index (χ4n) is 6.60. The Labute approximate surface area is 211 Å². The zero-order valence-corrected chi connectivity index (χ0v) is 20.8. The molecule has 184 valence electrons. The molecule has 2 atom stereocenters. The molecule has 1 unspecified atom stereocenters. The molecule has 6 rings (SSSR count). The van der Waals surface area contributed by atoms with Gasteiger partial charge in [0.25, 0.3) is 0 Å². The van der Waals surface area contributed by atoms with Crippen molar-refractivity contribution < 1.29 is 4.79 Å². The number of nitrogens with zero attached hydrogens (tertiary/aromatic N) is 8. The van der Waals surface area contributed by atoms with E-state index in [1.807, 2.05) is 18.0 Å². The van der Waals surface area contributed by atoms with Crippen LogP contribution in [0.5, 0.6) is 0 Å². The van der Waals surface area contributed by atoms with Gasteiger partial charge in [0.2, 0.25) is 5.91 Å². The summed E-state index contributed by atoms with van der Waals surface area (Å²) in [6.45, 7) is 4.44. The third-order valence-corrected chi connectivity index (χ3v) is 9.04. The van der Waals surface area contributed by atoms with E-state index in [4.69, 9.17) is 9.97 Å². The topological polar surface area (TPSA) is 113 Å². The SMILES string of the molecule is CC1CN(c2ncnc3c2C2(CCC2)CN3c2cc(C#N)ccn2)C[C@H]1N(C)C(=O)C1(C#N)CCC1. The summed E-state index contributed by atoms with van der Waals surface area (Å²) >= 11 is 0. The first-order valence-corrected chi connectivity index (χ1v) is 12.8. The van der Waals surface area contributed by atoms with Gasteiger partial charge in [-0.1, -0.05) is 13.3 Å². The van der Waals surface area contributed by atoms with Crippen molar-refractivity contribution in [2.75, 3.05) is 36.5 Å². The Bertz CT molecular complexity index is 1300. The van der Waals surface area contributed by atoms with Crippen molar-refractivity contribution in [2.45, 2.75) is 56.9 Å². The van der Waals surface area contributed by atoms with Crippen LogP contribution in [0.15, 0.2) is 24.7 Å². The molecule has 1 spiro atoms. The molecular formula is C27H30N8O. The third kappa shape index (κ3) is 3.19. The minimum Gasteiger partial charge on any atom is -0.354 e. The summed E-state index contributed by atoms with van der Waals surface area (Å²) in [5.74, 6) is 2.79. The van der Waals surface area contributed by atoms with Gasteiger partial charge in [0.05, 0.1) is 23.7 Å². The van der Waals surface area contributed by atoms with E-state index in [1.165, 1.54) is 12.0 Å². The van der Waals surface area contributed by atoms with Crippen LogP contribution < -0.4 is 9.80 Å². The molecule has 9 nitrogen and oxygen atoms in total. The van der Waals surface area contributed by atoms with Crippen molar-refractivity contribution in [3.8, 4) is 12.1 Å². The van der Waals surface area contributed by atoms with Gasteiger partial charge in [-0.2, -0.15) is 10.5 Å². The van der Waals surface area contributed by atoms with Gasteiger partial charge in [-0.15, -0.1) is 0 Å². The molecule has 1 saturated heterocycles. The molecule has 9 heteroatoms. The average molecular weight is 483 g/mol. The number of hydrogen-bond donors (Lipinski definition) is 0. The first kappa shape index (κ1) is 22.7. The molecule has 4 heterocycles. The molecule has 3 fully saturated rings. The number of hydrogen-bond acceptors (Lipinski definition) is 8. The maximum Gasteiger partial charge on any atom is 0.243 e. The second-order valence-corrected chi connectivity index (χ2v) is 11.0. The largest absolute Gasteiger partial charge is 0.354 e. The quantitative estimate of drug-likeness (QED) is 0.652. The molecule has 0 aromatic carbocycles. The number of carbonyl (C=O) groups is 1. The molecule has 2 aliphatic heterocycles. The van der Waals surface area contributed by atoms with Gasteiger partial charge >= 0.3 is 0 Å². The van der Waals surface area contributed by atoms with Crippen LogP contribution in [0.4, 0.5) is 17.5 Å². The number of pyridine rings is 1. The molecule has 36 heavy (non-hydrogen) atoms. The minimum absolute atomic E-state index is 0.0178. The van der Waals surface area contributed by atoms with Crippen molar-refractivity contribution in [3.63, 3.8) is 0 Å². The fourth-order valence-corrected chi connectivity index (χ4v) is 6.60. The van der Waals surface area contributed by atoms with E-state index in [9.17, 15) is 15.3 Å². The lowest BCUT2D eigenvalue weighted by Crippen LogP contribution is -2.51. The summed E-state index contributed by atoms with van der Waals surface area (Å²) in [7, 11) is 1.86. The molecular weight excluding hydrogens is 452 g/mol. The van der Waals surface area contributed by atoms with Gasteiger partial charge < -0.3 is 14.7 Å². The molecule has 4 aliphatic rings. The highest BCUT2D eigenvalue weighted by Crippen LogP contribution is 2.56. The fraction of sp³-hybridized carbons (Fsp3) is 0.556. The smallest absolute Gasteiger partial charge is 0.243 e. The monoisotopic (exact) mass is 482 g/mol. The number of aromatic nitrogens is 3. The number of carbonyl (C=O) groups excluding carboxylic acids is 1. The van der Waals surface area contributed by atoms with Crippen molar-refractivity contribution in [3.05, 3.63) is 35.8 Å². The second kappa shape index (κ2) is 8.16. The maximum atomic E-state index is 13.3. The van der Waals surface area contributed by atoms with Crippen LogP contribution in [0.1, 0.15) is 56.6 Å². The molecule has 0 N–H and O–H groups in total. The third-order valence-electron chi connectivity index (χ3n) is 9.04. The number of nitriles is 2. The lowest BCUT2D eigenvalue weighted by molar-refractivity contribution is -0.144. The Kier molecular flexibility index (Phi) is 5.15. The average Bonchev–Trinajstić information content (AvgIpc) is 3.42. The summed E-state index contributed by atoms with van der Waals surface area (Å²) in [5, 5.41) is 19.1. The van der Waals surface area contributed by atoms with Crippen molar-refractivity contribution >= 4 is 23.4 Å². The van der Waals surface area contributed by atoms with Crippen molar-refractivity contribution in [1.29, 1.82) is 10.5 Å². The Morgan fingerprint density at radius 2 is 1.86 bits per heavy atom. The first-order chi connectivity index (χ1) is 17.4. The molecule has 2 aromatic heterocycles. The second-order valence-electron chi connectivity index (χ2n) is 11.0. The van der Waals surface area contributed by atoms with Crippen LogP contribution in [0.3, 0.4) is 0 Å². The van der Waals surface area contributed by atoms with Gasteiger partial charge in [0, 0.05) is 43.9 Å². The van der Waals surface area contributed by atoms with Crippen LogP contribution in [0.25, 0.3) is 0 Å². The van der Waals surface area contributed by atoms with Gasteiger partial charge in [-0.25, -0.2) is 15.0 Å². The zero-order chi connectivity index (χ0) is 25.1. The predicted molar refractivity (Wildman–Crippen MR) is 133 cm³/mol. The van der Waals surface area contributed by atoms with Crippen molar-refractivity contribution in [2.24, 2.45) is 11.3 Å². The van der Waals surface area contributed by atoms with Crippen LogP contribution in [-0.4, -0.2) is 58.5 Å². The molecule has 2 aromatic rings. The van der Waals surface area contributed by atoms with E-state index in [1.54, 1.807) is 18.6 Å². The van der Waals surface area contributed by atoms with Crippen molar-refractivity contribution in [1.82, 2.24) is 19.9 Å². The van der Waals surface area contributed by atoms with E-state index < -0.39 is 5.41 Å². The highest BCUT2D eigenvalue weighted by atomic mass is 16.2. The number of rotatable bonds is 4. The van der Waals surface area contributed by atoms with Crippen LogP contribution in [0, 0.1) is 34.0 Å². The first-order valence-electron chi connectivity index (χ1n) is 12.8. The van der Waals surface area contributed by atoms with Gasteiger partial charge in [0.15, 0.2) is 0 Å². The molecule has 0 bridgehead atoms. The van der Waals surface area contributed by atoms with E-state index >= 15 is 0 Å². The maximum absolute atomic E-state index is 13.3. The zero-order valence-electron chi connectivity index (χ0n) is 20.8. The lowest BCUT2D eigenvalue weighted by Gasteiger charge is -2.40. The Hall–Kier alpha value is -3.72. The Morgan fingerprint density at radius 1 is 1.11 bits per heavy atom. The van der Waals surface area contributed by atoms with Crippen LogP contribution in [0.2, 0.25) is 0 Å².